The molecular formula is C18H28N2O3. The van der Waals surface area contributed by atoms with E-state index < -0.39 is 12.1 Å². The van der Waals surface area contributed by atoms with Crippen molar-refractivity contribution in [1.82, 2.24) is 0 Å². The molecule has 23 heavy (non-hydrogen) atoms. The molecule has 0 saturated heterocycles. The molecule has 4 atom stereocenters. The van der Waals surface area contributed by atoms with Gasteiger partial charge in [0.25, 0.3) is 0 Å². The fourth-order valence-electron chi connectivity index (χ4n) is 2.74. The van der Waals surface area contributed by atoms with Gasteiger partial charge in [0.1, 0.15) is 11.9 Å². The molecule has 0 aromatic heterocycles. The Kier molecular flexibility index (Phi) is 6.42. The molecule has 1 fully saturated rings. The third-order valence-electron chi connectivity index (χ3n) is 4.64. The molecule has 128 valence electrons. The highest BCUT2D eigenvalue weighted by atomic mass is 16.5. The number of anilines is 1. The van der Waals surface area contributed by atoms with Crippen LogP contribution in [0.3, 0.4) is 0 Å². The summed E-state index contributed by atoms with van der Waals surface area (Å²) in [7, 11) is 0. The minimum atomic E-state index is -0.506. The maximum absolute atomic E-state index is 12.1. The molecule has 1 aromatic rings. The second-order valence-electron chi connectivity index (χ2n) is 6.43. The number of hydrogen-bond donors (Lipinski definition) is 3. The maximum atomic E-state index is 12.1. The zero-order valence-electron chi connectivity index (χ0n) is 14.0. The van der Waals surface area contributed by atoms with Crippen molar-refractivity contribution >= 4 is 11.6 Å². The molecule has 2 rings (SSSR count). The van der Waals surface area contributed by atoms with E-state index in [9.17, 15) is 9.90 Å². The summed E-state index contributed by atoms with van der Waals surface area (Å²) in [6.45, 7) is 3.99. The van der Waals surface area contributed by atoms with E-state index in [1.165, 1.54) is 0 Å². The first-order valence-corrected chi connectivity index (χ1v) is 8.52. The van der Waals surface area contributed by atoms with Crippen LogP contribution in [0.5, 0.6) is 5.75 Å². The number of carbonyl (C=O) groups is 1. The molecule has 0 heterocycles. The van der Waals surface area contributed by atoms with E-state index in [-0.39, 0.29) is 17.9 Å². The fraction of sp³-hybridized carbons (Fsp3) is 0.611. The molecule has 5 heteroatoms. The molecule has 1 aliphatic rings. The van der Waals surface area contributed by atoms with Crippen molar-refractivity contribution < 1.29 is 14.6 Å². The van der Waals surface area contributed by atoms with Crippen molar-refractivity contribution in [2.24, 2.45) is 11.7 Å². The smallest absolute Gasteiger partial charge is 0.241 e. The Balaban J connectivity index is 1.90. The van der Waals surface area contributed by atoms with Crippen molar-refractivity contribution in [3.05, 3.63) is 24.3 Å². The van der Waals surface area contributed by atoms with Crippen molar-refractivity contribution in [2.45, 2.75) is 64.2 Å². The highest BCUT2D eigenvalue weighted by Crippen LogP contribution is 2.25. The van der Waals surface area contributed by atoms with Gasteiger partial charge in [0.15, 0.2) is 0 Å². The van der Waals surface area contributed by atoms with E-state index in [1.54, 1.807) is 12.1 Å². The molecule has 1 saturated carbocycles. The predicted octanol–water partition coefficient (Wildman–Crippen LogP) is 2.68. The summed E-state index contributed by atoms with van der Waals surface area (Å²) in [6, 6.07) is 6.71. The largest absolute Gasteiger partial charge is 0.488 e. The third kappa shape index (κ3) is 4.94. The highest BCUT2D eigenvalue weighted by Gasteiger charge is 2.24. The van der Waals surface area contributed by atoms with Gasteiger partial charge in [0.2, 0.25) is 5.91 Å². The molecule has 1 aliphatic carbocycles. The van der Waals surface area contributed by atoms with Crippen molar-refractivity contribution in [1.29, 1.82) is 0 Å². The molecule has 0 bridgehead atoms. The molecule has 0 radical (unpaired) electrons. The average Bonchev–Trinajstić information content (AvgIpc) is 2.57. The van der Waals surface area contributed by atoms with Crippen LogP contribution in [-0.4, -0.2) is 29.3 Å². The molecule has 1 aromatic carbocycles. The first-order valence-electron chi connectivity index (χ1n) is 8.52. The lowest BCUT2D eigenvalue weighted by Gasteiger charge is -2.28. The molecule has 0 aliphatic heterocycles. The monoisotopic (exact) mass is 320 g/mol. The lowest BCUT2D eigenvalue weighted by Crippen LogP contribution is -2.40. The Hall–Kier alpha value is -1.59. The van der Waals surface area contributed by atoms with E-state index in [1.807, 2.05) is 26.0 Å². The third-order valence-corrected chi connectivity index (χ3v) is 4.64. The first-order chi connectivity index (χ1) is 11.0. The quantitative estimate of drug-likeness (QED) is 0.752. The van der Waals surface area contributed by atoms with Gasteiger partial charge in [0, 0.05) is 5.69 Å². The number of nitrogens with two attached hydrogens (primary N) is 1. The van der Waals surface area contributed by atoms with Gasteiger partial charge >= 0.3 is 0 Å². The normalized spacial score (nSPS) is 23.8. The Morgan fingerprint density at radius 1 is 1.35 bits per heavy atom. The van der Waals surface area contributed by atoms with Crippen molar-refractivity contribution in [3.8, 4) is 5.75 Å². The Labute approximate surface area is 138 Å². The summed E-state index contributed by atoms with van der Waals surface area (Å²) in [4.78, 5) is 12.1. The number of carbonyl (C=O) groups excluding carboxylic acids is 1. The van der Waals surface area contributed by atoms with Gasteiger partial charge in [-0.05, 0) is 49.4 Å². The van der Waals surface area contributed by atoms with Crippen LogP contribution in [0, 0.1) is 5.92 Å². The van der Waals surface area contributed by atoms with Crippen molar-refractivity contribution in [3.63, 3.8) is 0 Å². The van der Waals surface area contributed by atoms with Crippen LogP contribution in [0.25, 0.3) is 0 Å². The number of aliphatic hydroxyl groups excluding tert-OH is 1. The maximum Gasteiger partial charge on any atom is 0.241 e. The zero-order valence-corrected chi connectivity index (χ0v) is 14.0. The summed E-state index contributed by atoms with van der Waals surface area (Å²) in [5, 5.41) is 12.8. The number of rotatable bonds is 6. The first kappa shape index (κ1) is 17.8. The Bertz CT molecular complexity index is 503. The molecule has 5 nitrogen and oxygen atoms in total. The molecule has 4 unspecified atom stereocenters. The topological polar surface area (TPSA) is 84.6 Å². The molecule has 4 N–H and O–H groups in total. The van der Waals surface area contributed by atoms with Gasteiger partial charge in [0.05, 0.1) is 12.1 Å². The van der Waals surface area contributed by atoms with Gasteiger partial charge in [-0.3, -0.25) is 4.79 Å². The van der Waals surface area contributed by atoms with Crippen LogP contribution < -0.4 is 15.8 Å². The predicted molar refractivity (Wildman–Crippen MR) is 91.4 cm³/mol. The SMILES string of the molecule is CCC(C)C(N)C(=O)Nc1ccc(OC2CCCCC2O)cc1. The van der Waals surface area contributed by atoms with E-state index in [0.717, 1.165) is 32.1 Å². The minimum absolute atomic E-state index is 0.136. The Morgan fingerprint density at radius 3 is 2.61 bits per heavy atom. The van der Waals surface area contributed by atoms with E-state index >= 15 is 0 Å². The number of amides is 1. The van der Waals surface area contributed by atoms with Gasteiger partial charge in [-0.2, -0.15) is 0 Å². The van der Waals surface area contributed by atoms with Gasteiger partial charge in [-0.25, -0.2) is 0 Å². The number of hydrogen-bond acceptors (Lipinski definition) is 4. The summed E-state index contributed by atoms with van der Waals surface area (Å²) >= 11 is 0. The number of aliphatic hydroxyl groups is 1. The van der Waals surface area contributed by atoms with Gasteiger partial charge in [-0.15, -0.1) is 0 Å². The van der Waals surface area contributed by atoms with E-state index in [0.29, 0.717) is 11.4 Å². The Morgan fingerprint density at radius 2 is 2.00 bits per heavy atom. The van der Waals surface area contributed by atoms with E-state index in [4.69, 9.17) is 10.5 Å². The summed E-state index contributed by atoms with van der Waals surface area (Å²) < 4.78 is 5.84. The lowest BCUT2D eigenvalue weighted by molar-refractivity contribution is -0.118. The van der Waals surface area contributed by atoms with Crippen molar-refractivity contribution in [2.75, 3.05) is 5.32 Å². The molecule has 1 amide bonds. The number of ether oxygens (including phenoxy) is 1. The second-order valence-corrected chi connectivity index (χ2v) is 6.43. The lowest BCUT2D eigenvalue weighted by atomic mass is 9.95. The summed E-state index contributed by atoms with van der Waals surface area (Å²) in [6.07, 6.45) is 4.16. The molecule has 0 spiro atoms. The van der Waals surface area contributed by atoms with Crippen LogP contribution in [0.4, 0.5) is 5.69 Å². The second kappa shape index (κ2) is 8.31. The fourth-order valence-corrected chi connectivity index (χ4v) is 2.74. The summed E-state index contributed by atoms with van der Waals surface area (Å²) in [5.41, 5.74) is 6.62. The number of nitrogens with one attached hydrogen (secondary N) is 1. The van der Waals surface area contributed by atoms with Crippen LogP contribution in [0.15, 0.2) is 24.3 Å². The van der Waals surface area contributed by atoms with Crippen LogP contribution in [0.1, 0.15) is 46.0 Å². The van der Waals surface area contributed by atoms with Crippen LogP contribution in [-0.2, 0) is 4.79 Å². The standard InChI is InChI=1S/C18H28N2O3/c1-3-12(2)17(19)18(22)20-13-8-10-14(11-9-13)23-16-7-5-4-6-15(16)21/h8-12,15-17,21H,3-7,19H2,1-2H3,(H,20,22). The van der Waals surface area contributed by atoms with Crippen LogP contribution in [0.2, 0.25) is 0 Å². The molecular weight excluding hydrogens is 292 g/mol. The van der Waals surface area contributed by atoms with E-state index in [2.05, 4.69) is 5.32 Å². The highest BCUT2D eigenvalue weighted by molar-refractivity contribution is 5.94. The van der Waals surface area contributed by atoms with Crippen LogP contribution >= 0.6 is 0 Å². The average molecular weight is 320 g/mol. The zero-order chi connectivity index (χ0) is 16.8. The van der Waals surface area contributed by atoms with Gasteiger partial charge in [-0.1, -0.05) is 26.7 Å². The van der Waals surface area contributed by atoms with Gasteiger partial charge < -0.3 is 20.9 Å². The summed E-state index contributed by atoms with van der Waals surface area (Å²) in [5.74, 6) is 0.682. The number of benzene rings is 1. The minimum Gasteiger partial charge on any atom is -0.488 e.